The smallest absolute Gasteiger partial charge is 0.262 e. The van der Waals surface area contributed by atoms with Gasteiger partial charge in [-0.3, -0.25) is 4.79 Å². The minimum atomic E-state index is -0.629. The van der Waals surface area contributed by atoms with Gasteiger partial charge in [-0.25, -0.2) is 0 Å². The summed E-state index contributed by atoms with van der Waals surface area (Å²) in [5.41, 5.74) is 6.62. The molecule has 0 saturated carbocycles. The van der Waals surface area contributed by atoms with E-state index in [0.717, 1.165) is 5.56 Å². The second kappa shape index (κ2) is 7.16. The van der Waals surface area contributed by atoms with E-state index in [-0.39, 0.29) is 11.9 Å². The Hall–Kier alpha value is -0.970. The topological polar surface area (TPSA) is 55.6 Å². The molecule has 2 atom stereocenters. The summed E-state index contributed by atoms with van der Waals surface area (Å²) < 4.78 is 5.72. The molecule has 1 amide bonds. The third kappa shape index (κ3) is 4.54. The number of benzene rings is 1. The largest absolute Gasteiger partial charge is 0.479 e. The quantitative estimate of drug-likeness (QED) is 0.908. The van der Waals surface area contributed by atoms with Crippen LogP contribution in [0.15, 0.2) is 12.1 Å². The Morgan fingerprint density at radius 2 is 1.95 bits per heavy atom. The van der Waals surface area contributed by atoms with Crippen LogP contribution in [0.3, 0.4) is 0 Å². The van der Waals surface area contributed by atoms with Crippen molar-refractivity contribution in [2.45, 2.75) is 32.4 Å². The maximum atomic E-state index is 11.9. The summed E-state index contributed by atoms with van der Waals surface area (Å²) in [4.78, 5) is 13.3. The summed E-state index contributed by atoms with van der Waals surface area (Å²) in [5, 5.41) is 0.899. The van der Waals surface area contributed by atoms with Crippen LogP contribution in [0, 0.1) is 0 Å². The fourth-order valence-corrected chi connectivity index (χ4v) is 2.42. The Balaban J connectivity index is 3.06. The van der Waals surface area contributed by atoms with Gasteiger partial charge in [-0.1, -0.05) is 23.2 Å². The number of hydrogen-bond donors (Lipinski definition) is 1. The van der Waals surface area contributed by atoms with Gasteiger partial charge in [-0.05, 0) is 38.0 Å². The predicted molar refractivity (Wildman–Crippen MR) is 82.6 cm³/mol. The molecule has 1 rings (SSSR count). The summed E-state index contributed by atoms with van der Waals surface area (Å²) in [7, 11) is 3.35. The fourth-order valence-electron chi connectivity index (χ4n) is 1.83. The van der Waals surface area contributed by atoms with E-state index in [1.54, 1.807) is 33.2 Å². The van der Waals surface area contributed by atoms with Gasteiger partial charge >= 0.3 is 0 Å². The number of hydrogen-bond acceptors (Lipinski definition) is 3. The molecular weight excluding hydrogens is 299 g/mol. The lowest BCUT2D eigenvalue weighted by Gasteiger charge is -2.21. The van der Waals surface area contributed by atoms with Crippen molar-refractivity contribution < 1.29 is 9.53 Å². The van der Waals surface area contributed by atoms with E-state index >= 15 is 0 Å². The average Bonchev–Trinajstić information content (AvgIpc) is 2.31. The minimum absolute atomic E-state index is 0.0632. The van der Waals surface area contributed by atoms with Crippen molar-refractivity contribution in [2.75, 3.05) is 14.1 Å². The first kappa shape index (κ1) is 17.1. The first-order valence-corrected chi connectivity index (χ1v) is 7.09. The van der Waals surface area contributed by atoms with E-state index in [0.29, 0.717) is 22.2 Å². The fraction of sp³-hybridized carbons (Fsp3) is 0.500. The second-order valence-electron chi connectivity index (χ2n) is 5.05. The lowest BCUT2D eigenvalue weighted by atomic mass is 10.1. The normalized spacial score (nSPS) is 13.8. The summed E-state index contributed by atoms with van der Waals surface area (Å²) >= 11 is 12.2. The molecule has 0 aromatic heterocycles. The summed E-state index contributed by atoms with van der Waals surface area (Å²) in [6.45, 7) is 3.57. The highest BCUT2D eigenvalue weighted by Gasteiger charge is 2.20. The Bertz CT molecular complexity index is 490. The van der Waals surface area contributed by atoms with Crippen LogP contribution in [0.5, 0.6) is 5.75 Å². The van der Waals surface area contributed by atoms with Crippen LogP contribution in [0.25, 0.3) is 0 Å². The molecule has 112 valence electrons. The molecule has 0 aliphatic rings. The van der Waals surface area contributed by atoms with E-state index in [1.165, 1.54) is 4.90 Å². The average molecular weight is 319 g/mol. The third-order valence-corrected chi connectivity index (χ3v) is 3.21. The summed E-state index contributed by atoms with van der Waals surface area (Å²) in [6.07, 6.45) is -0.0612. The number of nitrogens with two attached hydrogens (primary N) is 1. The maximum Gasteiger partial charge on any atom is 0.262 e. The monoisotopic (exact) mass is 318 g/mol. The van der Waals surface area contributed by atoms with E-state index in [2.05, 4.69) is 0 Å². The molecule has 2 unspecified atom stereocenters. The van der Waals surface area contributed by atoms with Crippen molar-refractivity contribution in [1.82, 2.24) is 4.90 Å². The van der Waals surface area contributed by atoms with Gasteiger partial charge in [0.2, 0.25) is 0 Å². The Labute approximate surface area is 129 Å². The van der Waals surface area contributed by atoms with Gasteiger partial charge in [-0.2, -0.15) is 0 Å². The first-order valence-electron chi connectivity index (χ1n) is 6.33. The molecule has 0 aliphatic heterocycles. The number of carbonyl (C=O) groups excluding carboxylic acids is 1. The van der Waals surface area contributed by atoms with Gasteiger partial charge in [0.25, 0.3) is 5.91 Å². The van der Waals surface area contributed by atoms with Crippen LogP contribution in [0.1, 0.15) is 19.4 Å². The molecule has 0 spiro atoms. The molecule has 0 fully saturated rings. The molecular formula is C14H20Cl2N2O2. The van der Waals surface area contributed by atoms with Gasteiger partial charge in [-0.15, -0.1) is 0 Å². The molecule has 0 aliphatic carbocycles. The Morgan fingerprint density at radius 3 is 2.45 bits per heavy atom. The van der Waals surface area contributed by atoms with Crippen molar-refractivity contribution in [1.29, 1.82) is 0 Å². The van der Waals surface area contributed by atoms with Gasteiger partial charge < -0.3 is 15.4 Å². The zero-order valence-electron chi connectivity index (χ0n) is 12.1. The van der Waals surface area contributed by atoms with Gasteiger partial charge in [0, 0.05) is 25.2 Å². The molecule has 0 saturated heterocycles. The lowest BCUT2D eigenvalue weighted by Crippen LogP contribution is -2.35. The SMILES string of the molecule is CC(N)Cc1cc(Cl)cc(Cl)c1OC(C)C(=O)N(C)C. The molecule has 6 heteroatoms. The van der Waals surface area contributed by atoms with Crippen LogP contribution in [-0.4, -0.2) is 37.0 Å². The highest BCUT2D eigenvalue weighted by atomic mass is 35.5. The zero-order chi connectivity index (χ0) is 15.4. The summed E-state index contributed by atoms with van der Waals surface area (Å²) in [5.74, 6) is 0.332. The molecule has 2 N–H and O–H groups in total. The van der Waals surface area contributed by atoms with E-state index in [9.17, 15) is 4.79 Å². The van der Waals surface area contributed by atoms with Crippen molar-refractivity contribution in [3.8, 4) is 5.75 Å². The van der Waals surface area contributed by atoms with Crippen LogP contribution in [0.4, 0.5) is 0 Å². The van der Waals surface area contributed by atoms with Gasteiger partial charge in [0.1, 0.15) is 5.75 Å². The van der Waals surface area contributed by atoms with Crippen LogP contribution < -0.4 is 10.5 Å². The van der Waals surface area contributed by atoms with Crippen molar-refractivity contribution in [2.24, 2.45) is 5.73 Å². The number of carbonyl (C=O) groups is 1. The molecule has 20 heavy (non-hydrogen) atoms. The molecule has 0 bridgehead atoms. The standard InChI is InChI=1S/C14H20Cl2N2O2/c1-8(17)5-10-6-11(15)7-12(16)13(10)20-9(2)14(19)18(3)4/h6-9H,5,17H2,1-4H3. The number of rotatable bonds is 5. The van der Waals surface area contributed by atoms with Crippen LogP contribution in [0.2, 0.25) is 10.0 Å². The summed E-state index contributed by atoms with van der Waals surface area (Å²) in [6, 6.07) is 3.29. The lowest BCUT2D eigenvalue weighted by molar-refractivity contribution is -0.135. The highest BCUT2D eigenvalue weighted by molar-refractivity contribution is 6.35. The Kier molecular flexibility index (Phi) is 6.11. The molecule has 0 heterocycles. The third-order valence-electron chi connectivity index (χ3n) is 2.71. The van der Waals surface area contributed by atoms with Gasteiger partial charge in [0.15, 0.2) is 6.10 Å². The van der Waals surface area contributed by atoms with Crippen molar-refractivity contribution in [3.05, 3.63) is 27.7 Å². The van der Waals surface area contributed by atoms with Crippen LogP contribution >= 0.6 is 23.2 Å². The van der Waals surface area contributed by atoms with E-state index < -0.39 is 6.10 Å². The number of nitrogens with zero attached hydrogens (tertiary/aromatic N) is 1. The predicted octanol–water partition coefficient (Wildman–Crippen LogP) is 2.74. The van der Waals surface area contributed by atoms with E-state index in [4.69, 9.17) is 33.7 Å². The number of amides is 1. The maximum absolute atomic E-state index is 11.9. The molecule has 1 aromatic carbocycles. The molecule has 4 nitrogen and oxygen atoms in total. The highest BCUT2D eigenvalue weighted by Crippen LogP contribution is 2.34. The first-order chi connectivity index (χ1) is 9.22. The van der Waals surface area contributed by atoms with E-state index in [1.807, 2.05) is 6.92 Å². The number of likely N-dealkylation sites (N-methyl/N-ethyl adjacent to an activating group) is 1. The van der Waals surface area contributed by atoms with Crippen molar-refractivity contribution >= 4 is 29.1 Å². The second-order valence-corrected chi connectivity index (χ2v) is 5.89. The zero-order valence-corrected chi connectivity index (χ0v) is 13.6. The molecule has 0 radical (unpaired) electrons. The Morgan fingerprint density at radius 1 is 1.35 bits per heavy atom. The van der Waals surface area contributed by atoms with Crippen LogP contribution in [-0.2, 0) is 11.2 Å². The minimum Gasteiger partial charge on any atom is -0.479 e. The number of ether oxygens (including phenoxy) is 1. The van der Waals surface area contributed by atoms with Crippen molar-refractivity contribution in [3.63, 3.8) is 0 Å². The van der Waals surface area contributed by atoms with Gasteiger partial charge in [0.05, 0.1) is 5.02 Å². The molecule has 1 aromatic rings. The number of halogens is 2.